The number of nitrogens with zero attached hydrogens (tertiary/aromatic N) is 2. The minimum Gasteiger partial charge on any atom is -0.859 e. The first-order valence-corrected chi connectivity index (χ1v) is 3.53. The molecule has 0 aromatic carbocycles. The van der Waals surface area contributed by atoms with E-state index in [4.69, 9.17) is 0 Å². The van der Waals surface area contributed by atoms with Crippen LogP contribution in [0.5, 0.6) is 0 Å². The van der Waals surface area contributed by atoms with E-state index in [2.05, 4.69) is 9.98 Å². The van der Waals surface area contributed by atoms with Crippen LogP contribution in [0.25, 0.3) is 0 Å². The second-order valence-electron chi connectivity index (χ2n) is 2.24. The molecule has 0 N–H and O–H groups in total. The summed E-state index contributed by atoms with van der Waals surface area (Å²) in [5, 5.41) is 20.0. The van der Waals surface area contributed by atoms with Gasteiger partial charge < -0.3 is 10.2 Å². The monoisotopic (exact) mass is 394 g/mol. The Morgan fingerprint density at radius 2 is 1.13 bits per heavy atom. The molecule has 0 aliphatic carbocycles. The zero-order valence-electron chi connectivity index (χ0n) is 7.54. The van der Waals surface area contributed by atoms with Gasteiger partial charge in [-0.25, -0.2) is 9.98 Å². The Balaban J connectivity index is 0.000000245. The van der Waals surface area contributed by atoms with Gasteiger partial charge in [0.25, 0.3) is 11.8 Å². The van der Waals surface area contributed by atoms with Crippen molar-refractivity contribution < 1.29 is 47.5 Å². The fourth-order valence-corrected chi connectivity index (χ4v) is 0.651. The molecule has 72 valence electrons. The maximum Gasteiger partial charge on any atom is 2.00 e. The summed E-state index contributed by atoms with van der Waals surface area (Å²) >= 11 is 0. The Hall–Kier alpha value is -1.30. The zero-order chi connectivity index (χ0) is 10.6. The molecule has 0 aromatic rings. The molecule has 15 heavy (non-hydrogen) atoms. The van der Waals surface area contributed by atoms with E-state index < -0.39 is 23.6 Å². The molecule has 0 atom stereocenters. The average Bonchev–Trinajstić information content (AvgIpc) is 2.63. The van der Waals surface area contributed by atoms with E-state index in [-0.39, 0.29) is 27.7 Å². The minimum absolute atomic E-state index is 0. The van der Waals surface area contributed by atoms with Crippen molar-refractivity contribution in [3.8, 4) is 0 Å². The number of hydrogen-bond acceptors (Lipinski definition) is 4. The van der Waals surface area contributed by atoms with Crippen LogP contribution in [0.2, 0.25) is 0 Å². The summed E-state index contributed by atoms with van der Waals surface area (Å²) in [6, 6.07) is 0. The summed E-state index contributed by atoms with van der Waals surface area (Å²) in [6.07, 6.45) is 4.56. The van der Waals surface area contributed by atoms with Crippen LogP contribution in [-0.4, -0.2) is 23.6 Å². The van der Waals surface area contributed by atoms with Gasteiger partial charge >= 0.3 is 27.7 Å². The maximum absolute atomic E-state index is 9.98. The Kier molecular flexibility index (Phi) is 5.69. The van der Waals surface area contributed by atoms with Crippen LogP contribution in [0.15, 0.2) is 34.3 Å². The molecule has 0 unspecified atom stereocenters. The van der Waals surface area contributed by atoms with Crippen LogP contribution >= 0.6 is 0 Å². The van der Waals surface area contributed by atoms with Crippen molar-refractivity contribution in [2.45, 2.75) is 0 Å². The molecule has 6 nitrogen and oxygen atoms in total. The van der Waals surface area contributed by atoms with Crippen molar-refractivity contribution in [1.29, 1.82) is 0 Å². The maximum atomic E-state index is 9.98. The standard InChI is InChI=1S/2C4H3NO2.Hg/c2*6-3-1-2-4(7)5-3;/h2*1-2H,(H,5,6,7);/q;;+2/p-2. The number of rotatable bonds is 0. The first-order chi connectivity index (χ1) is 6.58. The topological polar surface area (TPSA) is 105 Å². The number of carbonyl (C=O) groups is 2. The summed E-state index contributed by atoms with van der Waals surface area (Å²) in [5.74, 6) is -1.81. The van der Waals surface area contributed by atoms with E-state index in [9.17, 15) is 19.8 Å². The number of hydrogen-bond donors (Lipinski definition) is 0. The predicted molar refractivity (Wildman–Crippen MR) is 43.2 cm³/mol. The van der Waals surface area contributed by atoms with Crippen molar-refractivity contribution in [1.82, 2.24) is 0 Å². The Bertz CT molecular complexity index is 357. The molecule has 7 heteroatoms. The van der Waals surface area contributed by atoms with Crippen molar-refractivity contribution in [3.05, 3.63) is 24.3 Å². The first-order valence-electron chi connectivity index (χ1n) is 3.53. The summed E-state index contributed by atoms with van der Waals surface area (Å²) in [7, 11) is 0. The number of aliphatic imine (C=N–C) groups is 2. The van der Waals surface area contributed by atoms with Gasteiger partial charge in [0.15, 0.2) is 0 Å². The van der Waals surface area contributed by atoms with Gasteiger partial charge in [-0.2, -0.15) is 0 Å². The Labute approximate surface area is 105 Å². The van der Waals surface area contributed by atoms with Crippen molar-refractivity contribution >= 4 is 23.6 Å². The molecule has 0 saturated carbocycles. The van der Waals surface area contributed by atoms with Crippen molar-refractivity contribution in [2.75, 3.05) is 0 Å². The molecule has 0 aromatic heterocycles. The van der Waals surface area contributed by atoms with E-state index >= 15 is 0 Å². The number of amides is 2. The van der Waals surface area contributed by atoms with Crippen LogP contribution in [0.3, 0.4) is 0 Å². The third kappa shape index (κ3) is 5.21. The molecule has 0 fully saturated rings. The zero-order valence-corrected chi connectivity index (χ0v) is 13.0. The molecule has 0 spiro atoms. The normalized spacial score (nSPS) is 16.5. The van der Waals surface area contributed by atoms with E-state index in [0.717, 1.165) is 24.3 Å². The van der Waals surface area contributed by atoms with Gasteiger partial charge in [-0.05, 0) is 23.9 Å². The Morgan fingerprint density at radius 3 is 1.20 bits per heavy atom. The van der Waals surface area contributed by atoms with Crippen LogP contribution in [0.4, 0.5) is 0 Å². The van der Waals surface area contributed by atoms with Crippen LogP contribution in [0, 0.1) is 0 Å². The molecule has 0 saturated heterocycles. The molecule has 2 aliphatic rings. The molecule has 0 radical (unpaired) electrons. The quantitative estimate of drug-likeness (QED) is 0.431. The summed E-state index contributed by atoms with van der Waals surface area (Å²) in [4.78, 5) is 26.0. The first kappa shape index (κ1) is 13.7. The van der Waals surface area contributed by atoms with Crippen molar-refractivity contribution in [2.24, 2.45) is 9.98 Å². The van der Waals surface area contributed by atoms with Gasteiger partial charge in [-0.3, -0.25) is 9.59 Å². The van der Waals surface area contributed by atoms with E-state index in [1.165, 1.54) is 0 Å². The second kappa shape index (κ2) is 6.23. The molecule has 2 aliphatic heterocycles. The summed E-state index contributed by atoms with van der Waals surface area (Å²) in [6.45, 7) is 0. The largest absolute Gasteiger partial charge is 2.00 e. The van der Waals surface area contributed by atoms with E-state index in [1.807, 2.05) is 0 Å². The molecule has 0 bridgehead atoms. The predicted octanol–water partition coefficient (Wildman–Crippen LogP) is -2.32. The van der Waals surface area contributed by atoms with Gasteiger partial charge in [-0.15, -0.1) is 0 Å². The van der Waals surface area contributed by atoms with Crippen LogP contribution < -0.4 is 10.2 Å². The summed E-state index contributed by atoms with van der Waals surface area (Å²) < 4.78 is 0. The van der Waals surface area contributed by atoms with Gasteiger partial charge in [0.05, 0.1) is 0 Å². The SMILES string of the molecule is O=C1C=CC([O-])=N1.O=C1C=CC([O-])=N1.[Hg+2]. The van der Waals surface area contributed by atoms with Gasteiger partial charge in [0.2, 0.25) is 0 Å². The summed E-state index contributed by atoms with van der Waals surface area (Å²) in [5.41, 5.74) is 0. The second-order valence-corrected chi connectivity index (χ2v) is 2.24. The average molecular weight is 393 g/mol. The molecule has 2 rings (SSSR count). The minimum atomic E-state index is -0.454. The van der Waals surface area contributed by atoms with Gasteiger partial charge in [0.1, 0.15) is 0 Å². The fraction of sp³-hybridized carbons (Fsp3) is 0. The van der Waals surface area contributed by atoms with Crippen LogP contribution in [-0.2, 0) is 37.3 Å². The third-order valence-electron chi connectivity index (χ3n) is 1.18. The molecular formula is C8H4HgN2O4. The van der Waals surface area contributed by atoms with E-state index in [0.29, 0.717) is 0 Å². The smallest absolute Gasteiger partial charge is 0.859 e. The molecule has 2 heterocycles. The fourth-order valence-electron chi connectivity index (χ4n) is 0.651. The molecule has 2 amide bonds. The van der Waals surface area contributed by atoms with Gasteiger partial charge in [0, 0.05) is 12.2 Å². The van der Waals surface area contributed by atoms with E-state index in [1.54, 1.807) is 0 Å². The third-order valence-corrected chi connectivity index (χ3v) is 1.18. The van der Waals surface area contributed by atoms with Crippen LogP contribution in [0.1, 0.15) is 0 Å². The number of carbonyl (C=O) groups excluding carboxylic acids is 2. The Morgan fingerprint density at radius 1 is 0.800 bits per heavy atom. The molecular weight excluding hydrogens is 389 g/mol. The van der Waals surface area contributed by atoms with Gasteiger partial charge in [-0.1, -0.05) is 0 Å². The van der Waals surface area contributed by atoms with Crippen molar-refractivity contribution in [3.63, 3.8) is 0 Å².